The van der Waals surface area contributed by atoms with Crippen molar-refractivity contribution in [3.8, 4) is 0 Å². The van der Waals surface area contributed by atoms with Crippen LogP contribution in [0.3, 0.4) is 0 Å². The fraction of sp³-hybridized carbons (Fsp3) is 0.222. The van der Waals surface area contributed by atoms with Crippen LogP contribution in [0.2, 0.25) is 5.02 Å². The first-order valence-corrected chi connectivity index (χ1v) is 4.16. The van der Waals surface area contributed by atoms with Crippen LogP contribution in [0.1, 0.15) is 11.5 Å². The normalized spacial score (nSPS) is 12.9. The summed E-state index contributed by atoms with van der Waals surface area (Å²) in [5, 5.41) is 8.81. The zero-order chi connectivity index (χ0) is 10.7. The van der Waals surface area contributed by atoms with Crippen molar-refractivity contribution in [2.75, 3.05) is 0 Å². The summed E-state index contributed by atoms with van der Waals surface area (Å²) in [6, 6.07) is 5.48. The Morgan fingerprint density at radius 2 is 2.07 bits per heavy atom. The van der Waals surface area contributed by atoms with Crippen LogP contribution in [0.5, 0.6) is 0 Å². The van der Waals surface area contributed by atoms with E-state index in [0.717, 1.165) is 0 Å². The number of aliphatic carboxylic acids is 1. The summed E-state index contributed by atoms with van der Waals surface area (Å²) in [6.07, 6.45) is -2.94. The Kier molecular flexibility index (Phi) is 3.41. The molecule has 0 saturated carbocycles. The summed E-state index contributed by atoms with van der Waals surface area (Å²) in [6.45, 7) is 0. The highest BCUT2D eigenvalue weighted by Crippen LogP contribution is 2.25. The standard InChI is InChI=1S/C9H7ClF2O2/c10-6-3-1-2-5(4-6)7(8(11)12)9(13)14/h1-4,7-8H,(H,13,14). The van der Waals surface area contributed by atoms with Gasteiger partial charge in [-0.1, -0.05) is 23.7 Å². The second-order valence-electron chi connectivity index (χ2n) is 2.71. The number of hydrogen-bond acceptors (Lipinski definition) is 1. The van der Waals surface area contributed by atoms with Crippen molar-refractivity contribution in [1.29, 1.82) is 0 Å². The second-order valence-corrected chi connectivity index (χ2v) is 3.14. The van der Waals surface area contributed by atoms with Gasteiger partial charge in [0, 0.05) is 5.02 Å². The number of carboxylic acid groups (broad SMARTS) is 1. The molecule has 1 unspecified atom stereocenters. The maximum absolute atomic E-state index is 12.3. The number of halogens is 3. The van der Waals surface area contributed by atoms with Crippen LogP contribution in [0.25, 0.3) is 0 Å². The molecule has 1 atom stereocenters. The fourth-order valence-electron chi connectivity index (χ4n) is 1.10. The molecule has 2 nitrogen and oxygen atoms in total. The Morgan fingerprint density at radius 3 is 2.50 bits per heavy atom. The van der Waals surface area contributed by atoms with E-state index in [0.29, 0.717) is 0 Å². The molecule has 0 spiro atoms. The van der Waals surface area contributed by atoms with E-state index < -0.39 is 18.3 Å². The van der Waals surface area contributed by atoms with Crippen molar-refractivity contribution in [3.05, 3.63) is 34.9 Å². The molecule has 0 aliphatic heterocycles. The van der Waals surface area contributed by atoms with Crippen LogP contribution in [0.4, 0.5) is 8.78 Å². The molecule has 0 bridgehead atoms. The molecule has 1 rings (SSSR count). The monoisotopic (exact) mass is 220 g/mol. The molecule has 0 radical (unpaired) electrons. The zero-order valence-corrected chi connectivity index (χ0v) is 7.71. The van der Waals surface area contributed by atoms with Gasteiger partial charge < -0.3 is 5.11 Å². The summed E-state index contributed by atoms with van der Waals surface area (Å²) in [5.74, 6) is -3.36. The molecular weight excluding hydrogens is 214 g/mol. The molecule has 1 aromatic carbocycles. The van der Waals surface area contributed by atoms with Crippen molar-refractivity contribution >= 4 is 17.6 Å². The first kappa shape index (κ1) is 10.9. The Balaban J connectivity index is 3.05. The van der Waals surface area contributed by atoms with E-state index in [1.165, 1.54) is 24.3 Å². The number of benzene rings is 1. The van der Waals surface area contributed by atoms with Crippen LogP contribution in [-0.4, -0.2) is 17.5 Å². The number of alkyl halides is 2. The van der Waals surface area contributed by atoms with E-state index >= 15 is 0 Å². The molecule has 14 heavy (non-hydrogen) atoms. The average molecular weight is 221 g/mol. The van der Waals surface area contributed by atoms with Crippen molar-refractivity contribution in [1.82, 2.24) is 0 Å². The lowest BCUT2D eigenvalue weighted by molar-refractivity contribution is -0.142. The summed E-state index contributed by atoms with van der Waals surface area (Å²) < 4.78 is 24.7. The van der Waals surface area contributed by atoms with E-state index in [4.69, 9.17) is 16.7 Å². The molecule has 5 heteroatoms. The quantitative estimate of drug-likeness (QED) is 0.851. The minimum absolute atomic E-state index is 0.0139. The van der Waals surface area contributed by atoms with Crippen LogP contribution in [-0.2, 0) is 4.79 Å². The van der Waals surface area contributed by atoms with E-state index in [1.54, 1.807) is 0 Å². The maximum Gasteiger partial charge on any atom is 0.316 e. The molecule has 0 aromatic heterocycles. The Labute approximate surface area is 84.1 Å². The molecule has 0 saturated heterocycles. The molecule has 0 fully saturated rings. The summed E-state index contributed by atoms with van der Waals surface area (Å²) >= 11 is 5.56. The van der Waals surface area contributed by atoms with Gasteiger partial charge in [-0.3, -0.25) is 4.79 Å². The number of hydrogen-bond donors (Lipinski definition) is 1. The lowest BCUT2D eigenvalue weighted by Crippen LogP contribution is -2.19. The molecule has 0 amide bonds. The van der Waals surface area contributed by atoms with Gasteiger partial charge in [-0.25, -0.2) is 8.78 Å². The first-order chi connectivity index (χ1) is 6.52. The van der Waals surface area contributed by atoms with Gasteiger partial charge in [0.05, 0.1) is 0 Å². The van der Waals surface area contributed by atoms with Crippen LogP contribution < -0.4 is 0 Å². The predicted octanol–water partition coefficient (Wildman–Crippen LogP) is 2.77. The first-order valence-electron chi connectivity index (χ1n) is 3.79. The lowest BCUT2D eigenvalue weighted by Gasteiger charge is -2.11. The smallest absolute Gasteiger partial charge is 0.316 e. The zero-order valence-electron chi connectivity index (χ0n) is 6.95. The van der Waals surface area contributed by atoms with Crippen LogP contribution in [0, 0.1) is 0 Å². The van der Waals surface area contributed by atoms with Gasteiger partial charge in [0.15, 0.2) is 0 Å². The molecule has 1 N–H and O–H groups in total. The molecule has 0 aliphatic rings. The molecule has 76 valence electrons. The van der Waals surface area contributed by atoms with E-state index in [9.17, 15) is 13.6 Å². The van der Waals surface area contributed by atoms with Crippen molar-refractivity contribution in [2.45, 2.75) is 12.3 Å². The maximum atomic E-state index is 12.3. The Hall–Kier alpha value is -1.16. The van der Waals surface area contributed by atoms with Crippen molar-refractivity contribution in [3.63, 3.8) is 0 Å². The Bertz CT molecular complexity index is 341. The predicted molar refractivity (Wildman–Crippen MR) is 47.8 cm³/mol. The number of rotatable bonds is 3. The van der Waals surface area contributed by atoms with Crippen LogP contribution in [0.15, 0.2) is 24.3 Å². The topological polar surface area (TPSA) is 37.3 Å². The summed E-state index contributed by atoms with van der Waals surface area (Å²) in [7, 11) is 0. The minimum atomic E-state index is -2.94. The SMILES string of the molecule is O=C(O)C(c1cccc(Cl)c1)C(F)F. The molecular formula is C9H7ClF2O2. The third kappa shape index (κ3) is 2.42. The second kappa shape index (κ2) is 4.37. The van der Waals surface area contributed by atoms with Gasteiger partial charge in [0.2, 0.25) is 0 Å². The lowest BCUT2D eigenvalue weighted by atomic mass is 10.0. The van der Waals surface area contributed by atoms with E-state index in [1.807, 2.05) is 0 Å². The number of carboxylic acids is 1. The highest BCUT2D eigenvalue weighted by Gasteiger charge is 2.29. The highest BCUT2D eigenvalue weighted by molar-refractivity contribution is 6.30. The fourth-order valence-corrected chi connectivity index (χ4v) is 1.29. The molecule has 0 heterocycles. The molecule has 0 aliphatic carbocycles. The van der Waals surface area contributed by atoms with Gasteiger partial charge in [0.25, 0.3) is 6.43 Å². The van der Waals surface area contributed by atoms with Gasteiger partial charge in [0.1, 0.15) is 5.92 Å². The van der Waals surface area contributed by atoms with Crippen LogP contribution >= 0.6 is 11.6 Å². The third-order valence-electron chi connectivity index (χ3n) is 1.73. The largest absolute Gasteiger partial charge is 0.481 e. The van der Waals surface area contributed by atoms with Gasteiger partial charge >= 0.3 is 5.97 Å². The van der Waals surface area contributed by atoms with Gasteiger partial charge in [-0.15, -0.1) is 0 Å². The third-order valence-corrected chi connectivity index (χ3v) is 1.96. The highest BCUT2D eigenvalue weighted by atomic mass is 35.5. The molecule has 1 aromatic rings. The average Bonchev–Trinajstić information content (AvgIpc) is 2.02. The summed E-state index contributed by atoms with van der Waals surface area (Å²) in [4.78, 5) is 10.5. The van der Waals surface area contributed by atoms with Crippen molar-refractivity contribution < 1.29 is 18.7 Å². The van der Waals surface area contributed by atoms with E-state index in [-0.39, 0.29) is 10.6 Å². The minimum Gasteiger partial charge on any atom is -0.481 e. The van der Waals surface area contributed by atoms with Crippen molar-refractivity contribution in [2.24, 2.45) is 0 Å². The summed E-state index contributed by atoms with van der Waals surface area (Å²) in [5.41, 5.74) is 0.0139. The van der Waals surface area contributed by atoms with E-state index in [2.05, 4.69) is 0 Å². The Morgan fingerprint density at radius 1 is 1.43 bits per heavy atom. The van der Waals surface area contributed by atoms with Gasteiger partial charge in [-0.2, -0.15) is 0 Å². The van der Waals surface area contributed by atoms with Gasteiger partial charge in [-0.05, 0) is 17.7 Å². The number of carbonyl (C=O) groups is 1.